The van der Waals surface area contributed by atoms with E-state index in [1.807, 2.05) is 6.07 Å². The van der Waals surface area contributed by atoms with Crippen LogP contribution in [-0.4, -0.2) is 55.0 Å². The zero-order valence-electron chi connectivity index (χ0n) is 16.8. The van der Waals surface area contributed by atoms with Crippen molar-refractivity contribution < 1.29 is 9.59 Å². The van der Waals surface area contributed by atoms with Crippen LogP contribution in [0, 0.1) is 16.7 Å². The van der Waals surface area contributed by atoms with Crippen molar-refractivity contribution in [3.05, 3.63) is 23.4 Å². The van der Waals surface area contributed by atoms with E-state index in [4.69, 9.17) is 5.26 Å². The number of amides is 3. The van der Waals surface area contributed by atoms with Gasteiger partial charge in [0.05, 0.1) is 5.69 Å². The van der Waals surface area contributed by atoms with Crippen LogP contribution < -0.4 is 10.6 Å². The molecule has 0 bridgehead atoms. The summed E-state index contributed by atoms with van der Waals surface area (Å²) >= 11 is 0. The number of urea groups is 1. The number of hydrogen-bond donors (Lipinski definition) is 2. The number of nitrogens with zero attached hydrogens (tertiary/aromatic N) is 6. The third-order valence-corrected chi connectivity index (χ3v) is 5.47. The number of hydrogen-bond acceptors (Lipinski definition) is 7. The molecule has 2 aliphatic heterocycles. The van der Waals surface area contributed by atoms with Crippen molar-refractivity contribution >= 4 is 17.6 Å². The van der Waals surface area contributed by atoms with Gasteiger partial charge in [-0.3, -0.25) is 15.0 Å². The Bertz CT molecular complexity index is 1020. The molecule has 0 atom stereocenters. The highest BCUT2D eigenvalue weighted by Crippen LogP contribution is 2.29. The van der Waals surface area contributed by atoms with E-state index in [9.17, 15) is 9.59 Å². The zero-order valence-corrected chi connectivity index (χ0v) is 16.8. The van der Waals surface area contributed by atoms with E-state index in [1.54, 1.807) is 4.52 Å². The third-order valence-electron chi connectivity index (χ3n) is 5.47. The predicted octanol–water partition coefficient (Wildman–Crippen LogP) is 0.759. The average Bonchev–Trinajstić information content (AvgIpc) is 3.12. The third kappa shape index (κ3) is 3.65. The highest BCUT2D eigenvalue weighted by Gasteiger charge is 2.47. The van der Waals surface area contributed by atoms with Gasteiger partial charge < -0.3 is 5.32 Å². The Hall–Kier alpha value is -3.06. The maximum atomic E-state index is 12.1. The van der Waals surface area contributed by atoms with Crippen LogP contribution >= 0.6 is 0 Å². The van der Waals surface area contributed by atoms with E-state index in [0.29, 0.717) is 38.1 Å². The summed E-state index contributed by atoms with van der Waals surface area (Å²) in [5.74, 6) is -0.107. The van der Waals surface area contributed by atoms with Crippen molar-refractivity contribution in [1.29, 1.82) is 5.26 Å². The molecule has 0 radical (unpaired) electrons. The minimum absolute atomic E-state index is 0.0220. The smallest absolute Gasteiger partial charge is 0.322 e. The van der Waals surface area contributed by atoms with Crippen LogP contribution in [0.1, 0.15) is 50.7 Å². The van der Waals surface area contributed by atoms with Crippen LogP contribution in [0.3, 0.4) is 0 Å². The van der Waals surface area contributed by atoms with Crippen LogP contribution in [0.25, 0.3) is 5.65 Å². The van der Waals surface area contributed by atoms with E-state index in [-0.39, 0.29) is 17.1 Å². The van der Waals surface area contributed by atoms with Crippen LogP contribution in [0.2, 0.25) is 0 Å². The van der Waals surface area contributed by atoms with Gasteiger partial charge in [-0.15, -0.1) is 0 Å². The summed E-state index contributed by atoms with van der Waals surface area (Å²) in [5.41, 5.74) is 1.82. The average molecular weight is 396 g/mol. The number of rotatable bonds is 3. The number of fused-ring (bicyclic) bond motifs is 1. The fraction of sp³-hybridized carbons (Fsp3) is 0.579. The first-order valence-electron chi connectivity index (χ1n) is 9.68. The molecule has 1 spiro atoms. The minimum Gasteiger partial charge on any atom is -0.323 e. The van der Waals surface area contributed by atoms with Gasteiger partial charge in [-0.05, 0) is 24.7 Å². The normalized spacial score (nSPS) is 19.4. The molecule has 2 N–H and O–H groups in total. The second-order valence-electron chi connectivity index (χ2n) is 8.99. The fourth-order valence-corrected chi connectivity index (χ4v) is 4.02. The van der Waals surface area contributed by atoms with Gasteiger partial charge in [0.15, 0.2) is 5.65 Å². The Morgan fingerprint density at radius 3 is 2.59 bits per heavy atom. The van der Waals surface area contributed by atoms with Crippen LogP contribution in [0.5, 0.6) is 0 Å². The summed E-state index contributed by atoms with van der Waals surface area (Å²) in [6.07, 6.45) is 3.42. The Morgan fingerprint density at radius 2 is 2.00 bits per heavy atom. The minimum atomic E-state index is -0.784. The summed E-state index contributed by atoms with van der Waals surface area (Å²) < 4.78 is 1.63. The summed E-state index contributed by atoms with van der Waals surface area (Å²) in [6, 6.07) is 1.58. The van der Waals surface area contributed by atoms with Gasteiger partial charge in [0.2, 0.25) is 5.82 Å². The first-order chi connectivity index (χ1) is 13.7. The van der Waals surface area contributed by atoms with Crippen LogP contribution in [0.4, 0.5) is 4.79 Å². The predicted molar refractivity (Wildman–Crippen MR) is 103 cm³/mol. The van der Waals surface area contributed by atoms with Gasteiger partial charge in [-0.2, -0.15) is 15.3 Å². The molecule has 2 aromatic heterocycles. The number of carbonyl (C=O) groups is 2. The van der Waals surface area contributed by atoms with Gasteiger partial charge in [0.25, 0.3) is 5.91 Å². The molecule has 29 heavy (non-hydrogen) atoms. The topological polar surface area (TPSA) is 128 Å². The number of piperidine rings is 1. The van der Waals surface area contributed by atoms with Gasteiger partial charge in [0, 0.05) is 25.2 Å². The molecular weight excluding hydrogens is 372 g/mol. The van der Waals surface area contributed by atoms with E-state index in [1.165, 1.54) is 6.33 Å². The van der Waals surface area contributed by atoms with Crippen molar-refractivity contribution in [3.63, 3.8) is 0 Å². The molecule has 4 rings (SSSR count). The molecule has 10 heteroatoms. The van der Waals surface area contributed by atoms with E-state index in [0.717, 1.165) is 17.7 Å². The number of nitrogens with one attached hydrogen (secondary N) is 2. The van der Waals surface area contributed by atoms with Gasteiger partial charge in [0.1, 0.15) is 17.9 Å². The number of likely N-dealkylation sites (tertiary alicyclic amines) is 1. The molecule has 4 heterocycles. The first kappa shape index (κ1) is 19.3. The lowest BCUT2D eigenvalue weighted by molar-refractivity contribution is -0.125. The zero-order chi connectivity index (χ0) is 20.8. The van der Waals surface area contributed by atoms with Crippen LogP contribution in [0.15, 0.2) is 6.33 Å². The second-order valence-corrected chi connectivity index (χ2v) is 8.99. The standard InChI is InChI=1S/C19H24N8O2/c1-18(2,3)8-12-13(25-27-11-21-14(9-20)22-15(12)27)10-26-6-4-19(5-7-26)16(28)23-17(29)24-19/h11H,4-8,10H2,1-3H3,(H2,23,24,28,29). The molecule has 2 aromatic rings. The fourth-order valence-electron chi connectivity index (χ4n) is 4.02. The van der Waals surface area contributed by atoms with Crippen molar-refractivity contribution in [3.8, 4) is 6.07 Å². The molecule has 0 aliphatic carbocycles. The molecule has 0 saturated carbocycles. The monoisotopic (exact) mass is 396 g/mol. The Labute approximate surface area is 168 Å². The number of aromatic nitrogens is 4. The molecular formula is C19H24N8O2. The van der Waals surface area contributed by atoms with Gasteiger partial charge in [-0.25, -0.2) is 14.3 Å². The summed E-state index contributed by atoms with van der Waals surface area (Å²) in [5, 5.41) is 19.0. The molecule has 2 aliphatic rings. The van der Waals surface area contributed by atoms with Crippen molar-refractivity contribution in [2.45, 2.75) is 52.1 Å². The summed E-state index contributed by atoms with van der Waals surface area (Å²) in [6.45, 7) is 8.41. The van der Waals surface area contributed by atoms with Gasteiger partial charge >= 0.3 is 6.03 Å². The quantitative estimate of drug-likeness (QED) is 0.733. The molecule has 2 saturated heterocycles. The molecule has 10 nitrogen and oxygen atoms in total. The lowest BCUT2D eigenvalue weighted by Crippen LogP contribution is -2.54. The van der Waals surface area contributed by atoms with E-state index < -0.39 is 11.6 Å². The first-order valence-corrected chi connectivity index (χ1v) is 9.68. The second kappa shape index (κ2) is 6.77. The van der Waals surface area contributed by atoms with Crippen molar-refractivity contribution in [1.82, 2.24) is 35.1 Å². The Kier molecular flexibility index (Phi) is 4.50. The molecule has 0 aromatic carbocycles. The Balaban J connectivity index is 1.58. The Morgan fingerprint density at radius 1 is 1.28 bits per heavy atom. The lowest BCUT2D eigenvalue weighted by Gasteiger charge is -2.36. The number of imide groups is 1. The van der Waals surface area contributed by atoms with Crippen molar-refractivity contribution in [2.75, 3.05) is 13.1 Å². The van der Waals surface area contributed by atoms with Crippen molar-refractivity contribution in [2.24, 2.45) is 5.41 Å². The number of nitriles is 1. The van der Waals surface area contributed by atoms with Gasteiger partial charge in [-0.1, -0.05) is 20.8 Å². The highest BCUT2D eigenvalue weighted by molar-refractivity contribution is 6.07. The van der Waals surface area contributed by atoms with E-state index >= 15 is 0 Å². The number of carbonyl (C=O) groups excluding carboxylic acids is 2. The molecule has 152 valence electrons. The maximum Gasteiger partial charge on any atom is 0.322 e. The summed E-state index contributed by atoms with van der Waals surface area (Å²) in [4.78, 5) is 34.3. The lowest BCUT2D eigenvalue weighted by atomic mass is 9.86. The van der Waals surface area contributed by atoms with E-state index in [2.05, 4.69) is 51.4 Å². The highest BCUT2D eigenvalue weighted by atomic mass is 16.2. The van der Waals surface area contributed by atoms with Crippen LogP contribution in [-0.2, 0) is 17.8 Å². The molecule has 0 unspecified atom stereocenters. The summed E-state index contributed by atoms with van der Waals surface area (Å²) in [7, 11) is 0. The maximum absolute atomic E-state index is 12.1. The molecule has 2 fully saturated rings. The molecule has 3 amide bonds. The SMILES string of the molecule is CC(C)(C)Cc1c(CN2CCC3(CC2)NC(=O)NC3=O)nn2cnc(C#N)nc12. The largest absolute Gasteiger partial charge is 0.323 e.